The normalized spacial score (nSPS) is 12.2. The standard InChI is InChI=1S/C14H12Cl2FNO/c15-10-5-2-1-4-9(10)13(19)8-18-14-11(16)6-3-7-12(14)17/h1-7,13,18-19H,8H2. The van der Waals surface area contributed by atoms with Crippen molar-refractivity contribution in [1.82, 2.24) is 0 Å². The maximum Gasteiger partial charge on any atom is 0.147 e. The van der Waals surface area contributed by atoms with E-state index in [1.807, 2.05) is 0 Å². The lowest BCUT2D eigenvalue weighted by Gasteiger charge is -2.15. The van der Waals surface area contributed by atoms with Crippen LogP contribution in [0.3, 0.4) is 0 Å². The quantitative estimate of drug-likeness (QED) is 0.883. The van der Waals surface area contributed by atoms with Crippen molar-refractivity contribution in [3.63, 3.8) is 0 Å². The summed E-state index contributed by atoms with van der Waals surface area (Å²) in [5.74, 6) is -0.459. The van der Waals surface area contributed by atoms with Crippen LogP contribution in [0.2, 0.25) is 10.0 Å². The SMILES string of the molecule is OC(CNc1c(F)cccc1Cl)c1ccccc1Cl. The number of halogens is 3. The molecule has 2 N–H and O–H groups in total. The van der Waals surface area contributed by atoms with Gasteiger partial charge in [0.15, 0.2) is 0 Å². The van der Waals surface area contributed by atoms with Crippen LogP contribution in [0.1, 0.15) is 11.7 Å². The second kappa shape index (κ2) is 6.24. The third kappa shape index (κ3) is 3.38. The Labute approximate surface area is 120 Å². The van der Waals surface area contributed by atoms with Crippen molar-refractivity contribution in [3.05, 3.63) is 63.9 Å². The summed E-state index contributed by atoms with van der Waals surface area (Å²) in [6, 6.07) is 11.4. The first-order valence-electron chi connectivity index (χ1n) is 5.70. The van der Waals surface area contributed by atoms with Gasteiger partial charge in [0, 0.05) is 17.1 Å². The van der Waals surface area contributed by atoms with E-state index < -0.39 is 11.9 Å². The molecule has 0 heterocycles. The van der Waals surface area contributed by atoms with Crippen molar-refractivity contribution in [1.29, 1.82) is 0 Å². The van der Waals surface area contributed by atoms with Gasteiger partial charge in [0.2, 0.25) is 0 Å². The van der Waals surface area contributed by atoms with Crippen LogP contribution in [0.4, 0.5) is 10.1 Å². The molecule has 0 aliphatic heterocycles. The number of aliphatic hydroxyl groups excluding tert-OH is 1. The molecule has 0 saturated carbocycles. The van der Waals surface area contributed by atoms with Crippen LogP contribution in [0.15, 0.2) is 42.5 Å². The van der Waals surface area contributed by atoms with Crippen molar-refractivity contribution < 1.29 is 9.50 Å². The molecule has 0 radical (unpaired) electrons. The summed E-state index contributed by atoms with van der Waals surface area (Å²) in [5.41, 5.74) is 0.763. The topological polar surface area (TPSA) is 32.3 Å². The zero-order valence-electron chi connectivity index (χ0n) is 9.91. The Balaban J connectivity index is 2.09. The van der Waals surface area contributed by atoms with Gasteiger partial charge in [-0.2, -0.15) is 0 Å². The van der Waals surface area contributed by atoms with Crippen molar-refractivity contribution in [3.8, 4) is 0 Å². The third-order valence-electron chi connectivity index (χ3n) is 2.70. The molecule has 0 spiro atoms. The summed E-state index contributed by atoms with van der Waals surface area (Å²) < 4.78 is 13.5. The van der Waals surface area contributed by atoms with Crippen LogP contribution in [0, 0.1) is 5.82 Å². The first-order valence-corrected chi connectivity index (χ1v) is 6.45. The highest BCUT2D eigenvalue weighted by atomic mass is 35.5. The molecule has 0 aliphatic carbocycles. The smallest absolute Gasteiger partial charge is 0.147 e. The lowest BCUT2D eigenvalue weighted by molar-refractivity contribution is 0.191. The number of hydrogen-bond acceptors (Lipinski definition) is 2. The van der Waals surface area contributed by atoms with Crippen LogP contribution in [-0.4, -0.2) is 11.7 Å². The second-order valence-corrected chi connectivity index (χ2v) is 4.83. The van der Waals surface area contributed by atoms with Crippen LogP contribution < -0.4 is 5.32 Å². The molecule has 0 fully saturated rings. The molecule has 2 rings (SSSR count). The minimum Gasteiger partial charge on any atom is -0.387 e. The molecule has 0 amide bonds. The van der Waals surface area contributed by atoms with Gasteiger partial charge in [0.25, 0.3) is 0 Å². The van der Waals surface area contributed by atoms with E-state index in [4.69, 9.17) is 23.2 Å². The van der Waals surface area contributed by atoms with E-state index in [-0.39, 0.29) is 17.3 Å². The van der Waals surface area contributed by atoms with Crippen LogP contribution in [0.5, 0.6) is 0 Å². The molecule has 0 bridgehead atoms. The van der Waals surface area contributed by atoms with Gasteiger partial charge in [-0.05, 0) is 18.2 Å². The van der Waals surface area contributed by atoms with Gasteiger partial charge >= 0.3 is 0 Å². The van der Waals surface area contributed by atoms with Crippen LogP contribution >= 0.6 is 23.2 Å². The van der Waals surface area contributed by atoms with Crippen molar-refractivity contribution >= 4 is 28.9 Å². The van der Waals surface area contributed by atoms with Gasteiger partial charge in [-0.1, -0.05) is 47.5 Å². The molecule has 100 valence electrons. The molecule has 19 heavy (non-hydrogen) atoms. The predicted octanol–water partition coefficient (Wildman–Crippen LogP) is 4.28. The fourth-order valence-electron chi connectivity index (χ4n) is 1.72. The fraction of sp³-hybridized carbons (Fsp3) is 0.143. The summed E-state index contributed by atoms with van der Waals surface area (Å²) >= 11 is 11.9. The Morgan fingerprint density at radius 2 is 1.74 bits per heavy atom. The number of para-hydroxylation sites is 1. The van der Waals surface area contributed by atoms with Crippen LogP contribution in [0.25, 0.3) is 0 Å². The number of nitrogens with one attached hydrogen (secondary N) is 1. The molecule has 2 nitrogen and oxygen atoms in total. The monoisotopic (exact) mass is 299 g/mol. The second-order valence-electron chi connectivity index (χ2n) is 4.01. The Bertz CT molecular complexity index is 557. The predicted molar refractivity (Wildman–Crippen MR) is 76.3 cm³/mol. The number of hydrogen-bond donors (Lipinski definition) is 2. The Kier molecular flexibility index (Phi) is 4.64. The highest BCUT2D eigenvalue weighted by Gasteiger charge is 2.13. The third-order valence-corrected chi connectivity index (χ3v) is 3.36. The van der Waals surface area contributed by atoms with Gasteiger partial charge < -0.3 is 10.4 Å². The highest BCUT2D eigenvalue weighted by Crippen LogP contribution is 2.27. The first kappa shape index (κ1) is 14.1. The maximum atomic E-state index is 13.5. The molecule has 1 atom stereocenters. The Morgan fingerprint density at radius 1 is 1.05 bits per heavy atom. The van der Waals surface area contributed by atoms with Gasteiger partial charge in [-0.25, -0.2) is 4.39 Å². The largest absolute Gasteiger partial charge is 0.387 e. The van der Waals surface area contributed by atoms with Gasteiger partial charge in [-0.15, -0.1) is 0 Å². The summed E-state index contributed by atoms with van der Waals surface area (Å²) in [6.07, 6.45) is -0.843. The van der Waals surface area contributed by atoms with Crippen molar-refractivity contribution in [2.45, 2.75) is 6.10 Å². The lowest BCUT2D eigenvalue weighted by Crippen LogP contribution is -2.13. The molecule has 5 heteroatoms. The Morgan fingerprint density at radius 3 is 2.42 bits per heavy atom. The average molecular weight is 300 g/mol. The van der Waals surface area contributed by atoms with E-state index in [0.29, 0.717) is 10.6 Å². The molecule has 1 unspecified atom stereocenters. The average Bonchev–Trinajstić information content (AvgIpc) is 2.38. The van der Waals surface area contributed by atoms with Gasteiger partial charge in [0.1, 0.15) is 5.82 Å². The number of anilines is 1. The summed E-state index contributed by atoms with van der Waals surface area (Å²) in [4.78, 5) is 0. The van der Waals surface area contributed by atoms with E-state index >= 15 is 0 Å². The van der Waals surface area contributed by atoms with Gasteiger partial charge in [-0.3, -0.25) is 0 Å². The van der Waals surface area contributed by atoms with Crippen molar-refractivity contribution in [2.24, 2.45) is 0 Å². The fourth-order valence-corrected chi connectivity index (χ4v) is 2.21. The lowest BCUT2D eigenvalue weighted by atomic mass is 10.1. The highest BCUT2D eigenvalue weighted by molar-refractivity contribution is 6.33. The van der Waals surface area contributed by atoms with Crippen molar-refractivity contribution in [2.75, 3.05) is 11.9 Å². The van der Waals surface area contributed by atoms with E-state index in [9.17, 15) is 9.50 Å². The first-order chi connectivity index (χ1) is 9.09. The Hall–Kier alpha value is -1.29. The molecular weight excluding hydrogens is 288 g/mol. The number of benzene rings is 2. The zero-order chi connectivity index (χ0) is 13.8. The minimum absolute atomic E-state index is 0.115. The van der Waals surface area contributed by atoms with E-state index in [1.165, 1.54) is 12.1 Å². The maximum absolute atomic E-state index is 13.5. The molecule has 0 saturated heterocycles. The van der Waals surface area contributed by atoms with E-state index in [0.717, 1.165) is 0 Å². The van der Waals surface area contributed by atoms with Gasteiger partial charge in [0.05, 0.1) is 16.8 Å². The summed E-state index contributed by atoms with van der Waals surface area (Å²) in [5, 5.41) is 13.6. The van der Waals surface area contributed by atoms with E-state index in [2.05, 4.69) is 5.32 Å². The summed E-state index contributed by atoms with van der Waals surface area (Å²) in [7, 11) is 0. The van der Waals surface area contributed by atoms with E-state index in [1.54, 1.807) is 30.3 Å². The number of aliphatic hydroxyl groups is 1. The minimum atomic E-state index is -0.843. The van der Waals surface area contributed by atoms with Crippen LogP contribution in [-0.2, 0) is 0 Å². The molecule has 0 aromatic heterocycles. The summed E-state index contributed by atoms with van der Waals surface area (Å²) in [6.45, 7) is 0.115. The zero-order valence-corrected chi connectivity index (χ0v) is 11.4. The molecule has 0 aliphatic rings. The molecule has 2 aromatic rings. The molecule has 2 aromatic carbocycles. The molecular formula is C14H12Cl2FNO. The number of rotatable bonds is 4.